The van der Waals surface area contributed by atoms with Crippen LogP contribution in [0.3, 0.4) is 0 Å². The van der Waals surface area contributed by atoms with Crippen molar-refractivity contribution in [1.29, 1.82) is 0 Å². The number of fused-ring (bicyclic) bond motifs is 1. The summed E-state index contributed by atoms with van der Waals surface area (Å²) in [5.41, 5.74) is 2.32. The predicted molar refractivity (Wildman–Crippen MR) is 82.0 cm³/mol. The van der Waals surface area contributed by atoms with Gasteiger partial charge in [-0.2, -0.15) is 0 Å². The molecule has 6 nitrogen and oxygen atoms in total. The molecule has 2 aromatic heterocycles. The average molecular weight is 320 g/mol. The summed E-state index contributed by atoms with van der Waals surface area (Å²) in [5, 5.41) is 12.8. The summed E-state index contributed by atoms with van der Waals surface area (Å²) >= 11 is 5.80. The van der Waals surface area contributed by atoms with E-state index >= 15 is 0 Å². The first-order chi connectivity index (χ1) is 10.6. The summed E-state index contributed by atoms with van der Waals surface area (Å²) < 4.78 is 13.3. The standard InChI is InChI=1S/C14H11ClFN5O/c1-21(8-2-3-11(16)10(15)6-8)14(20-22)9-4-5-17-13-12(9)18-7-19-13/h2-7,22H,1H3,(H,17,18,19)/b20-14+. The number of halogens is 2. The molecule has 3 aromatic rings. The summed E-state index contributed by atoms with van der Waals surface area (Å²) in [6.45, 7) is 0. The van der Waals surface area contributed by atoms with E-state index in [-0.39, 0.29) is 10.9 Å². The Morgan fingerprint density at radius 3 is 2.91 bits per heavy atom. The molecule has 3 rings (SSSR count). The van der Waals surface area contributed by atoms with Crippen molar-refractivity contribution in [3.8, 4) is 0 Å². The molecule has 1 aromatic carbocycles. The fourth-order valence-electron chi connectivity index (χ4n) is 2.15. The van der Waals surface area contributed by atoms with Gasteiger partial charge in [0.1, 0.15) is 5.82 Å². The highest BCUT2D eigenvalue weighted by molar-refractivity contribution is 6.31. The molecule has 0 aliphatic carbocycles. The van der Waals surface area contributed by atoms with Gasteiger partial charge in [0.05, 0.1) is 16.9 Å². The summed E-state index contributed by atoms with van der Waals surface area (Å²) in [5.74, 6) is -0.263. The largest absolute Gasteiger partial charge is 0.409 e. The molecule has 0 saturated carbocycles. The number of anilines is 1. The smallest absolute Gasteiger partial charge is 0.181 e. The van der Waals surface area contributed by atoms with Gasteiger partial charge in [-0.15, -0.1) is 0 Å². The van der Waals surface area contributed by atoms with Gasteiger partial charge >= 0.3 is 0 Å². The number of aromatic nitrogens is 3. The Hall–Kier alpha value is -2.67. The van der Waals surface area contributed by atoms with Gasteiger partial charge in [0.25, 0.3) is 0 Å². The Bertz CT molecular complexity index is 863. The quantitative estimate of drug-likeness (QED) is 0.329. The van der Waals surface area contributed by atoms with Crippen molar-refractivity contribution in [2.75, 3.05) is 11.9 Å². The van der Waals surface area contributed by atoms with Crippen molar-refractivity contribution in [3.63, 3.8) is 0 Å². The van der Waals surface area contributed by atoms with Crippen LogP contribution < -0.4 is 4.90 Å². The summed E-state index contributed by atoms with van der Waals surface area (Å²) in [4.78, 5) is 12.7. The summed E-state index contributed by atoms with van der Waals surface area (Å²) in [6.07, 6.45) is 3.07. The lowest BCUT2D eigenvalue weighted by molar-refractivity contribution is 0.318. The predicted octanol–water partition coefficient (Wildman–Crippen LogP) is 3.02. The second-order valence-electron chi connectivity index (χ2n) is 4.54. The van der Waals surface area contributed by atoms with Gasteiger partial charge in [-0.1, -0.05) is 16.8 Å². The van der Waals surface area contributed by atoms with Crippen molar-refractivity contribution in [2.45, 2.75) is 0 Å². The Labute approximate surface area is 129 Å². The number of hydrogen-bond donors (Lipinski definition) is 2. The van der Waals surface area contributed by atoms with Crippen LogP contribution >= 0.6 is 11.6 Å². The Morgan fingerprint density at radius 2 is 2.18 bits per heavy atom. The van der Waals surface area contributed by atoms with E-state index in [1.807, 2.05) is 0 Å². The first-order valence-corrected chi connectivity index (χ1v) is 6.69. The fourth-order valence-corrected chi connectivity index (χ4v) is 2.33. The number of aromatic amines is 1. The number of pyridine rings is 1. The van der Waals surface area contributed by atoms with Crippen LogP contribution in [-0.4, -0.2) is 33.0 Å². The van der Waals surface area contributed by atoms with Crippen LogP contribution in [0.2, 0.25) is 5.02 Å². The zero-order valence-electron chi connectivity index (χ0n) is 11.5. The third-order valence-electron chi connectivity index (χ3n) is 3.27. The van der Waals surface area contributed by atoms with Crippen molar-refractivity contribution < 1.29 is 9.60 Å². The number of imidazole rings is 1. The van der Waals surface area contributed by atoms with Crippen LogP contribution in [-0.2, 0) is 0 Å². The maximum atomic E-state index is 13.3. The Kier molecular flexibility index (Phi) is 3.64. The maximum absolute atomic E-state index is 13.3. The minimum Gasteiger partial charge on any atom is -0.409 e. The second kappa shape index (κ2) is 5.61. The lowest BCUT2D eigenvalue weighted by Crippen LogP contribution is -2.27. The molecule has 22 heavy (non-hydrogen) atoms. The molecule has 0 spiro atoms. The van der Waals surface area contributed by atoms with Gasteiger partial charge in [-0.25, -0.2) is 14.4 Å². The van der Waals surface area contributed by atoms with Crippen LogP contribution in [0.25, 0.3) is 11.2 Å². The van der Waals surface area contributed by atoms with E-state index in [1.165, 1.54) is 24.5 Å². The van der Waals surface area contributed by atoms with E-state index in [9.17, 15) is 9.60 Å². The topological polar surface area (TPSA) is 77.4 Å². The van der Waals surface area contributed by atoms with Crippen molar-refractivity contribution in [3.05, 3.63) is 53.2 Å². The van der Waals surface area contributed by atoms with Crippen molar-refractivity contribution in [2.24, 2.45) is 5.16 Å². The minimum absolute atomic E-state index is 0.0111. The van der Waals surface area contributed by atoms with Gasteiger partial charge in [-0.3, -0.25) is 0 Å². The molecule has 0 aliphatic rings. The summed E-state index contributed by atoms with van der Waals surface area (Å²) in [6, 6.07) is 5.93. The molecule has 0 bridgehead atoms. The first-order valence-electron chi connectivity index (χ1n) is 6.31. The fraction of sp³-hybridized carbons (Fsp3) is 0.0714. The molecular weight excluding hydrogens is 309 g/mol. The van der Waals surface area contributed by atoms with Gasteiger partial charge in [-0.05, 0) is 24.3 Å². The molecule has 0 unspecified atom stereocenters. The molecule has 8 heteroatoms. The number of nitrogens with zero attached hydrogens (tertiary/aromatic N) is 4. The van der Waals surface area contributed by atoms with Crippen molar-refractivity contribution >= 4 is 34.3 Å². The lowest BCUT2D eigenvalue weighted by atomic mass is 10.2. The van der Waals surface area contributed by atoms with Crippen LogP contribution in [0, 0.1) is 5.82 Å². The first kappa shape index (κ1) is 14.3. The van der Waals surface area contributed by atoms with Gasteiger partial charge in [0.2, 0.25) is 0 Å². The number of nitrogens with one attached hydrogen (secondary N) is 1. The van der Waals surface area contributed by atoms with Crippen LogP contribution in [0.15, 0.2) is 41.9 Å². The third-order valence-corrected chi connectivity index (χ3v) is 3.56. The Balaban J connectivity index is 2.07. The molecule has 112 valence electrons. The molecule has 0 saturated heterocycles. The molecule has 0 amide bonds. The maximum Gasteiger partial charge on any atom is 0.181 e. The monoisotopic (exact) mass is 319 g/mol. The number of benzene rings is 1. The molecule has 2 heterocycles. The number of hydrogen-bond acceptors (Lipinski definition) is 4. The zero-order valence-corrected chi connectivity index (χ0v) is 12.2. The molecule has 0 radical (unpaired) electrons. The molecule has 0 fully saturated rings. The molecule has 2 N–H and O–H groups in total. The highest BCUT2D eigenvalue weighted by Crippen LogP contribution is 2.24. The van der Waals surface area contributed by atoms with Crippen LogP contribution in [0.5, 0.6) is 0 Å². The summed E-state index contributed by atoms with van der Waals surface area (Å²) in [7, 11) is 1.68. The number of oxime groups is 1. The van der Waals surface area contributed by atoms with Crippen molar-refractivity contribution in [1.82, 2.24) is 15.0 Å². The van der Waals surface area contributed by atoms with E-state index in [2.05, 4.69) is 20.1 Å². The third kappa shape index (κ3) is 2.35. The number of H-pyrrole nitrogens is 1. The molecular formula is C14H11ClFN5O. The van der Waals surface area contributed by atoms with E-state index < -0.39 is 5.82 Å². The van der Waals surface area contributed by atoms with E-state index in [0.717, 1.165) is 0 Å². The van der Waals surface area contributed by atoms with Gasteiger partial charge in [0.15, 0.2) is 11.5 Å². The normalized spacial score (nSPS) is 11.9. The van der Waals surface area contributed by atoms with Gasteiger partial charge < -0.3 is 15.1 Å². The molecule has 0 atom stereocenters. The highest BCUT2D eigenvalue weighted by Gasteiger charge is 2.17. The second-order valence-corrected chi connectivity index (χ2v) is 4.95. The van der Waals surface area contributed by atoms with E-state index in [1.54, 1.807) is 24.2 Å². The van der Waals surface area contributed by atoms with Gasteiger partial charge in [0, 0.05) is 24.5 Å². The number of rotatable bonds is 2. The minimum atomic E-state index is -0.513. The van der Waals surface area contributed by atoms with Crippen LogP contribution in [0.1, 0.15) is 5.56 Å². The average Bonchev–Trinajstić information content (AvgIpc) is 3.00. The molecule has 0 aliphatic heterocycles. The van der Waals surface area contributed by atoms with E-state index in [0.29, 0.717) is 22.4 Å². The van der Waals surface area contributed by atoms with Crippen LogP contribution in [0.4, 0.5) is 10.1 Å². The number of amidine groups is 1. The van der Waals surface area contributed by atoms with E-state index in [4.69, 9.17) is 11.6 Å². The highest BCUT2D eigenvalue weighted by atomic mass is 35.5. The Morgan fingerprint density at radius 1 is 1.36 bits per heavy atom. The zero-order chi connectivity index (χ0) is 15.7. The SMILES string of the molecule is CN(/C(=N/O)c1ccnc2nc[nH]c12)c1ccc(F)c(Cl)c1. The lowest BCUT2D eigenvalue weighted by Gasteiger charge is -2.20.